The summed E-state index contributed by atoms with van der Waals surface area (Å²) in [5.41, 5.74) is 3.83. The Morgan fingerprint density at radius 3 is 2.67 bits per heavy atom. The van der Waals surface area contributed by atoms with Crippen LogP contribution in [0.3, 0.4) is 0 Å². The van der Waals surface area contributed by atoms with Crippen molar-refractivity contribution in [1.29, 1.82) is 0 Å². The van der Waals surface area contributed by atoms with E-state index in [1.807, 2.05) is 6.07 Å². The molecule has 2 aromatic carbocycles. The van der Waals surface area contributed by atoms with E-state index in [1.165, 1.54) is 17.2 Å². The van der Waals surface area contributed by atoms with E-state index in [0.29, 0.717) is 15.2 Å². The molecule has 0 aliphatic heterocycles. The zero-order valence-electron chi connectivity index (χ0n) is 11.1. The molecule has 0 spiro atoms. The zero-order valence-corrected chi connectivity index (χ0v) is 14.3. The topological polar surface area (TPSA) is 43.1 Å². The first-order valence-electron chi connectivity index (χ1n) is 6.71. The van der Waals surface area contributed by atoms with Crippen molar-refractivity contribution >= 4 is 37.5 Å². The summed E-state index contributed by atoms with van der Waals surface area (Å²) >= 11 is 7.17. The molecule has 0 fully saturated rings. The highest BCUT2D eigenvalue weighted by Gasteiger charge is 2.31. The van der Waals surface area contributed by atoms with Crippen LogP contribution in [0.1, 0.15) is 21.5 Å². The number of benzene rings is 2. The molecule has 108 valence electrons. The predicted octanol–water partition coefficient (Wildman–Crippen LogP) is 5.21. The molecule has 0 bridgehead atoms. The van der Waals surface area contributed by atoms with E-state index in [1.54, 1.807) is 6.07 Å². The molecule has 3 rings (SSSR count). The van der Waals surface area contributed by atoms with E-state index in [2.05, 4.69) is 56.1 Å². The maximum Gasteiger partial charge on any atom is 0.283 e. The van der Waals surface area contributed by atoms with Crippen LogP contribution in [0.15, 0.2) is 46.9 Å². The summed E-state index contributed by atoms with van der Waals surface area (Å²) < 4.78 is 0.602. The number of alkyl halides is 1. The van der Waals surface area contributed by atoms with Crippen molar-refractivity contribution in [3.63, 3.8) is 0 Å². The Morgan fingerprint density at radius 1 is 1.19 bits per heavy atom. The van der Waals surface area contributed by atoms with Crippen LogP contribution in [-0.2, 0) is 12.8 Å². The number of nitro groups is 1. The van der Waals surface area contributed by atoms with Gasteiger partial charge in [-0.05, 0) is 51.4 Å². The van der Waals surface area contributed by atoms with Gasteiger partial charge >= 0.3 is 0 Å². The van der Waals surface area contributed by atoms with Crippen molar-refractivity contribution in [2.75, 3.05) is 0 Å². The van der Waals surface area contributed by atoms with Crippen molar-refractivity contribution in [2.24, 2.45) is 5.92 Å². The summed E-state index contributed by atoms with van der Waals surface area (Å²) in [4.78, 5) is 11.0. The highest BCUT2D eigenvalue weighted by atomic mass is 79.9. The summed E-state index contributed by atoms with van der Waals surface area (Å²) in [6, 6.07) is 13.7. The minimum atomic E-state index is -0.345. The second-order valence-electron chi connectivity index (χ2n) is 5.28. The largest absolute Gasteiger partial charge is 0.283 e. The molecule has 1 aliphatic rings. The number of halogens is 2. The average Bonchev–Trinajstić information content (AvgIpc) is 2.78. The van der Waals surface area contributed by atoms with E-state index >= 15 is 0 Å². The fourth-order valence-corrected chi connectivity index (χ4v) is 4.34. The van der Waals surface area contributed by atoms with Crippen LogP contribution in [0.5, 0.6) is 0 Å². The van der Waals surface area contributed by atoms with Crippen LogP contribution < -0.4 is 0 Å². The van der Waals surface area contributed by atoms with Gasteiger partial charge in [-0.2, -0.15) is 0 Å². The van der Waals surface area contributed by atoms with Gasteiger partial charge < -0.3 is 0 Å². The van der Waals surface area contributed by atoms with Gasteiger partial charge in [-0.15, -0.1) is 0 Å². The summed E-state index contributed by atoms with van der Waals surface area (Å²) in [5, 5.41) is 11.0. The Balaban J connectivity index is 1.86. The number of hydrogen-bond acceptors (Lipinski definition) is 2. The van der Waals surface area contributed by atoms with Crippen LogP contribution in [0.2, 0.25) is 0 Å². The average molecular weight is 411 g/mol. The van der Waals surface area contributed by atoms with Gasteiger partial charge in [0.2, 0.25) is 0 Å². The van der Waals surface area contributed by atoms with E-state index in [9.17, 15) is 10.1 Å². The third kappa shape index (κ3) is 2.77. The smallest absolute Gasteiger partial charge is 0.258 e. The van der Waals surface area contributed by atoms with E-state index in [4.69, 9.17) is 0 Å². The fourth-order valence-electron chi connectivity index (χ4n) is 2.95. The van der Waals surface area contributed by atoms with Gasteiger partial charge in [0.05, 0.1) is 9.40 Å². The van der Waals surface area contributed by atoms with Crippen molar-refractivity contribution in [3.05, 3.63) is 73.7 Å². The van der Waals surface area contributed by atoms with Crippen molar-refractivity contribution in [3.8, 4) is 0 Å². The predicted molar refractivity (Wildman–Crippen MR) is 89.8 cm³/mol. The molecule has 0 amide bonds. The molecule has 1 aliphatic carbocycles. The van der Waals surface area contributed by atoms with Gasteiger partial charge in [-0.1, -0.05) is 52.3 Å². The molecular weight excluding hydrogens is 398 g/mol. The summed E-state index contributed by atoms with van der Waals surface area (Å²) in [6.07, 6.45) is 1.81. The van der Waals surface area contributed by atoms with Gasteiger partial charge in [-0.25, -0.2) is 0 Å². The lowest BCUT2D eigenvalue weighted by Crippen LogP contribution is -2.07. The molecule has 0 N–H and O–H groups in total. The second kappa shape index (κ2) is 5.89. The lowest BCUT2D eigenvalue weighted by atomic mass is 9.96. The molecule has 5 heteroatoms. The van der Waals surface area contributed by atoms with Crippen LogP contribution in [0.4, 0.5) is 5.69 Å². The Morgan fingerprint density at radius 2 is 1.95 bits per heavy atom. The fraction of sp³-hybridized carbons (Fsp3) is 0.250. The standard InChI is InChI=1S/C16H13Br2NO2/c17-15-12(8-10-4-1-2-6-13(10)15)9-11-5-3-7-14(16(11)18)19(20)21/h1-7,12,15H,8-9H2. The Labute approximate surface area is 139 Å². The summed E-state index contributed by atoms with van der Waals surface area (Å²) in [5.74, 6) is 0.417. The molecule has 21 heavy (non-hydrogen) atoms. The normalized spacial score (nSPS) is 20.3. The molecule has 3 nitrogen and oxygen atoms in total. The van der Waals surface area contributed by atoms with E-state index < -0.39 is 0 Å². The molecule has 2 aromatic rings. The first kappa shape index (κ1) is 14.7. The molecule has 0 heterocycles. The first-order chi connectivity index (χ1) is 10.1. The van der Waals surface area contributed by atoms with Crippen molar-refractivity contribution < 1.29 is 4.92 Å². The summed E-state index contributed by atoms with van der Waals surface area (Å²) in [7, 11) is 0. The lowest BCUT2D eigenvalue weighted by Gasteiger charge is -2.15. The van der Waals surface area contributed by atoms with Crippen LogP contribution in [-0.4, -0.2) is 4.92 Å². The van der Waals surface area contributed by atoms with E-state index in [0.717, 1.165) is 18.4 Å². The number of nitrogens with zero attached hydrogens (tertiary/aromatic N) is 1. The third-order valence-electron chi connectivity index (χ3n) is 3.99. The van der Waals surface area contributed by atoms with Crippen LogP contribution in [0, 0.1) is 16.0 Å². The molecule has 0 aromatic heterocycles. The zero-order chi connectivity index (χ0) is 15.0. The second-order valence-corrected chi connectivity index (χ2v) is 7.06. The number of rotatable bonds is 3. The van der Waals surface area contributed by atoms with Crippen molar-refractivity contribution in [2.45, 2.75) is 17.7 Å². The highest BCUT2D eigenvalue weighted by Crippen LogP contribution is 2.44. The minimum absolute atomic E-state index is 0.133. The van der Waals surface area contributed by atoms with Gasteiger partial charge in [0, 0.05) is 10.9 Å². The van der Waals surface area contributed by atoms with Gasteiger partial charge in [0.1, 0.15) is 0 Å². The molecule has 2 atom stereocenters. The Kier molecular flexibility index (Phi) is 4.13. The monoisotopic (exact) mass is 409 g/mol. The Bertz CT molecular complexity index is 702. The highest BCUT2D eigenvalue weighted by molar-refractivity contribution is 9.10. The maximum atomic E-state index is 11.0. The summed E-state index contributed by atoms with van der Waals surface area (Å²) in [6.45, 7) is 0. The molecule has 0 saturated carbocycles. The number of hydrogen-bond donors (Lipinski definition) is 0. The first-order valence-corrected chi connectivity index (χ1v) is 8.42. The van der Waals surface area contributed by atoms with Crippen LogP contribution >= 0.6 is 31.9 Å². The molecule has 0 radical (unpaired) electrons. The number of nitro benzene ring substituents is 1. The number of fused-ring (bicyclic) bond motifs is 1. The lowest BCUT2D eigenvalue weighted by molar-refractivity contribution is -0.385. The van der Waals surface area contributed by atoms with Crippen molar-refractivity contribution in [1.82, 2.24) is 0 Å². The molecule has 2 unspecified atom stereocenters. The maximum absolute atomic E-state index is 11.0. The van der Waals surface area contributed by atoms with Gasteiger partial charge in [0.25, 0.3) is 5.69 Å². The quantitative estimate of drug-likeness (QED) is 0.396. The van der Waals surface area contributed by atoms with Gasteiger partial charge in [0.15, 0.2) is 0 Å². The van der Waals surface area contributed by atoms with E-state index in [-0.39, 0.29) is 10.6 Å². The van der Waals surface area contributed by atoms with Gasteiger partial charge in [-0.3, -0.25) is 10.1 Å². The minimum Gasteiger partial charge on any atom is -0.258 e. The third-order valence-corrected chi connectivity index (χ3v) is 6.14. The SMILES string of the molecule is O=[N+]([O-])c1cccc(CC2Cc3ccccc3C2Br)c1Br. The van der Waals surface area contributed by atoms with Crippen LogP contribution in [0.25, 0.3) is 0 Å². The Hall–Kier alpha value is -1.20. The molecular formula is C16H13Br2NO2. The molecule has 0 saturated heterocycles.